The van der Waals surface area contributed by atoms with Crippen molar-refractivity contribution >= 4 is 28.2 Å². The monoisotopic (exact) mass is 366 g/mol. The average Bonchev–Trinajstić information content (AvgIpc) is 2.65. The van der Waals surface area contributed by atoms with E-state index in [9.17, 15) is 4.79 Å². The molecule has 1 aromatic carbocycles. The highest BCUT2D eigenvalue weighted by atomic mass is 32.1. The lowest BCUT2D eigenvalue weighted by Gasteiger charge is -2.25. The van der Waals surface area contributed by atoms with Crippen LogP contribution in [-0.2, 0) is 13.1 Å². The number of aryl methyl sites for hydroxylation is 2. The molecule has 0 spiro atoms. The van der Waals surface area contributed by atoms with Crippen molar-refractivity contribution in [3.8, 4) is 0 Å². The number of hydrogen-bond acceptors (Lipinski definition) is 3. The molecule has 0 amide bonds. The first-order chi connectivity index (χ1) is 12.5. The molecule has 0 bridgehead atoms. The molecular formula is C20H22N4OS. The fraction of sp³-hybridized carbons (Fsp3) is 0.250. The fourth-order valence-electron chi connectivity index (χ4n) is 3.01. The van der Waals surface area contributed by atoms with Crippen molar-refractivity contribution in [2.75, 3.05) is 7.05 Å². The molecule has 3 aromatic rings. The van der Waals surface area contributed by atoms with Crippen molar-refractivity contribution < 1.29 is 0 Å². The molecule has 0 atom stereocenters. The summed E-state index contributed by atoms with van der Waals surface area (Å²) in [5.41, 5.74) is 4.74. The number of fused-ring (bicyclic) bond motifs is 1. The van der Waals surface area contributed by atoms with Gasteiger partial charge in [-0.05, 0) is 54.9 Å². The van der Waals surface area contributed by atoms with E-state index in [0.717, 1.165) is 27.6 Å². The van der Waals surface area contributed by atoms with Crippen molar-refractivity contribution in [2.24, 2.45) is 0 Å². The molecule has 0 aliphatic carbocycles. The van der Waals surface area contributed by atoms with E-state index in [1.165, 1.54) is 0 Å². The molecular weight excluding hydrogens is 344 g/mol. The molecule has 0 saturated carbocycles. The second kappa shape index (κ2) is 7.66. The second-order valence-electron chi connectivity index (χ2n) is 6.38. The van der Waals surface area contributed by atoms with Gasteiger partial charge in [-0.15, -0.1) is 0 Å². The Morgan fingerprint density at radius 1 is 1.23 bits per heavy atom. The topological polar surface area (TPSA) is 61.0 Å². The molecule has 0 radical (unpaired) electrons. The molecule has 0 aliphatic rings. The fourth-order valence-corrected chi connectivity index (χ4v) is 3.14. The number of rotatable bonds is 4. The normalized spacial score (nSPS) is 10.7. The van der Waals surface area contributed by atoms with Gasteiger partial charge in [-0.25, -0.2) is 0 Å². The van der Waals surface area contributed by atoms with Crippen LogP contribution in [-0.4, -0.2) is 27.0 Å². The third-order valence-electron chi connectivity index (χ3n) is 4.48. The summed E-state index contributed by atoms with van der Waals surface area (Å²) in [6, 6.07) is 9.97. The summed E-state index contributed by atoms with van der Waals surface area (Å²) in [6.07, 6.45) is 3.55. The van der Waals surface area contributed by atoms with E-state index in [1.807, 2.05) is 42.3 Å². The van der Waals surface area contributed by atoms with Crippen LogP contribution in [0.1, 0.15) is 22.3 Å². The average molecular weight is 366 g/mol. The van der Waals surface area contributed by atoms with Gasteiger partial charge >= 0.3 is 0 Å². The summed E-state index contributed by atoms with van der Waals surface area (Å²) in [4.78, 5) is 21.8. The molecule has 0 fully saturated rings. The van der Waals surface area contributed by atoms with Crippen LogP contribution in [0.15, 0.2) is 47.5 Å². The van der Waals surface area contributed by atoms with Gasteiger partial charge in [0.1, 0.15) is 0 Å². The number of pyridine rings is 2. The standard InChI is InChI=1S/C20H22N4OS/c1-13-6-7-14(2)18-17(13)9-16(19(25)23-18)12-24(20(26)21-3)11-15-5-4-8-22-10-15/h4-10H,11-12H2,1-3H3,(H,21,26)(H,23,25). The maximum absolute atomic E-state index is 12.6. The van der Waals surface area contributed by atoms with Crippen molar-refractivity contribution in [1.82, 2.24) is 20.2 Å². The minimum absolute atomic E-state index is 0.0821. The molecule has 0 aliphatic heterocycles. The van der Waals surface area contributed by atoms with Crippen LogP contribution in [0.3, 0.4) is 0 Å². The number of nitrogens with zero attached hydrogens (tertiary/aromatic N) is 2. The maximum Gasteiger partial charge on any atom is 0.253 e. The third kappa shape index (κ3) is 3.75. The summed E-state index contributed by atoms with van der Waals surface area (Å²) in [5, 5.41) is 4.67. The summed E-state index contributed by atoms with van der Waals surface area (Å²) >= 11 is 5.44. The van der Waals surface area contributed by atoms with Crippen molar-refractivity contribution in [3.63, 3.8) is 0 Å². The van der Waals surface area contributed by atoms with E-state index in [-0.39, 0.29) is 5.56 Å². The van der Waals surface area contributed by atoms with Gasteiger partial charge in [0, 0.05) is 36.9 Å². The van der Waals surface area contributed by atoms with Crippen LogP contribution in [0.2, 0.25) is 0 Å². The second-order valence-corrected chi connectivity index (χ2v) is 6.77. The Labute approximate surface area is 158 Å². The highest BCUT2D eigenvalue weighted by Gasteiger charge is 2.14. The Hall–Kier alpha value is -2.73. The number of benzene rings is 1. The molecule has 0 unspecified atom stereocenters. The van der Waals surface area contributed by atoms with Crippen LogP contribution in [0.5, 0.6) is 0 Å². The van der Waals surface area contributed by atoms with Gasteiger partial charge in [0.25, 0.3) is 5.56 Å². The SMILES string of the molecule is CNC(=S)N(Cc1cccnc1)Cc1cc2c(C)ccc(C)c2[nH]c1=O. The van der Waals surface area contributed by atoms with Gasteiger partial charge in [-0.3, -0.25) is 9.78 Å². The molecule has 26 heavy (non-hydrogen) atoms. The Morgan fingerprint density at radius 2 is 2.00 bits per heavy atom. The largest absolute Gasteiger partial charge is 0.366 e. The summed E-state index contributed by atoms with van der Waals surface area (Å²) in [5.74, 6) is 0. The van der Waals surface area contributed by atoms with Crippen molar-refractivity contribution in [3.05, 3.63) is 75.3 Å². The predicted octanol–water partition coefficient (Wildman–Crippen LogP) is 3.05. The quantitative estimate of drug-likeness (QED) is 0.695. The van der Waals surface area contributed by atoms with Crippen LogP contribution in [0, 0.1) is 13.8 Å². The molecule has 2 N–H and O–H groups in total. The van der Waals surface area contributed by atoms with Gasteiger partial charge in [0.15, 0.2) is 5.11 Å². The first-order valence-electron chi connectivity index (χ1n) is 8.47. The third-order valence-corrected chi connectivity index (χ3v) is 4.94. The number of aromatic nitrogens is 2. The highest BCUT2D eigenvalue weighted by Crippen LogP contribution is 2.20. The first-order valence-corrected chi connectivity index (χ1v) is 8.88. The Kier molecular flexibility index (Phi) is 5.32. The summed E-state index contributed by atoms with van der Waals surface area (Å²) < 4.78 is 0. The van der Waals surface area contributed by atoms with E-state index in [2.05, 4.69) is 28.3 Å². The zero-order chi connectivity index (χ0) is 18.7. The summed E-state index contributed by atoms with van der Waals surface area (Å²) in [7, 11) is 1.79. The molecule has 2 aromatic heterocycles. The van der Waals surface area contributed by atoms with Gasteiger partial charge in [0.05, 0.1) is 12.1 Å². The molecule has 6 heteroatoms. The molecule has 0 saturated heterocycles. The Morgan fingerprint density at radius 3 is 2.69 bits per heavy atom. The van der Waals surface area contributed by atoms with E-state index in [0.29, 0.717) is 23.8 Å². The van der Waals surface area contributed by atoms with E-state index >= 15 is 0 Å². The van der Waals surface area contributed by atoms with Crippen molar-refractivity contribution in [2.45, 2.75) is 26.9 Å². The zero-order valence-corrected chi connectivity index (χ0v) is 16.0. The minimum atomic E-state index is -0.0821. The highest BCUT2D eigenvalue weighted by molar-refractivity contribution is 7.80. The number of thiocarbonyl (C=S) groups is 1. The van der Waals surface area contributed by atoms with E-state index in [1.54, 1.807) is 13.2 Å². The summed E-state index contributed by atoms with van der Waals surface area (Å²) in [6.45, 7) is 5.06. The smallest absolute Gasteiger partial charge is 0.253 e. The predicted molar refractivity (Wildman–Crippen MR) is 109 cm³/mol. The van der Waals surface area contributed by atoms with Gasteiger partial charge in [-0.1, -0.05) is 18.2 Å². The molecule has 3 rings (SSSR count). The van der Waals surface area contributed by atoms with E-state index < -0.39 is 0 Å². The maximum atomic E-state index is 12.6. The van der Waals surface area contributed by atoms with Gasteiger partial charge in [-0.2, -0.15) is 0 Å². The first kappa shape index (κ1) is 18.1. The molecule has 5 nitrogen and oxygen atoms in total. The van der Waals surface area contributed by atoms with Crippen LogP contribution in [0.25, 0.3) is 10.9 Å². The Bertz CT molecular complexity index is 998. The number of H-pyrrole nitrogens is 1. The number of aromatic amines is 1. The molecule has 134 valence electrons. The zero-order valence-electron chi connectivity index (χ0n) is 15.2. The Balaban J connectivity index is 1.98. The molecule has 2 heterocycles. The van der Waals surface area contributed by atoms with E-state index in [4.69, 9.17) is 12.2 Å². The van der Waals surface area contributed by atoms with Crippen LogP contribution in [0.4, 0.5) is 0 Å². The lowest BCUT2D eigenvalue weighted by Crippen LogP contribution is -2.38. The van der Waals surface area contributed by atoms with Gasteiger partial charge in [0.2, 0.25) is 0 Å². The van der Waals surface area contributed by atoms with Crippen LogP contribution >= 0.6 is 12.2 Å². The van der Waals surface area contributed by atoms with Crippen LogP contribution < -0.4 is 10.9 Å². The van der Waals surface area contributed by atoms with Crippen molar-refractivity contribution in [1.29, 1.82) is 0 Å². The van der Waals surface area contributed by atoms with Gasteiger partial charge < -0.3 is 15.2 Å². The number of nitrogens with one attached hydrogen (secondary N) is 2. The minimum Gasteiger partial charge on any atom is -0.366 e. The lowest BCUT2D eigenvalue weighted by molar-refractivity contribution is 0.400. The lowest BCUT2D eigenvalue weighted by atomic mass is 10.0. The number of hydrogen-bond donors (Lipinski definition) is 2.